The van der Waals surface area contributed by atoms with Crippen molar-refractivity contribution < 1.29 is 9.53 Å². The highest BCUT2D eigenvalue weighted by Gasteiger charge is 2.30. The molecular formula is C37H47N7O2. The number of nitrogens with two attached hydrogens (primary N) is 1. The standard InChI is InChI=1S/C37H47N7O2/c1-7-10-26-17-18-41-30(19-26)23-44-21-29(22-44)24(3)13-14-27(8-2)31-11-9-12-32(36(31)46-6)42-33(35(39)25(4)40-5)20-34(38)43-37(45)28-15-16-28/h8-9,11-14,17-20,28-29,39-40,42H,2,4,7,10,15-16,21-23H2,1,3,5-6H3,(H2,38,43,45)/b24-13+,27-14+,33-20+,39-35?. The van der Waals surface area contributed by atoms with E-state index in [-0.39, 0.29) is 23.4 Å². The number of amides is 1. The van der Waals surface area contributed by atoms with E-state index < -0.39 is 0 Å². The molecule has 2 heterocycles. The van der Waals surface area contributed by atoms with Gasteiger partial charge in [-0.15, -0.1) is 0 Å². The lowest BCUT2D eigenvalue weighted by molar-refractivity contribution is -0.118. The third-order valence-electron chi connectivity index (χ3n) is 8.28. The predicted molar refractivity (Wildman–Crippen MR) is 189 cm³/mol. The summed E-state index contributed by atoms with van der Waals surface area (Å²) < 4.78 is 5.88. The molecule has 1 aromatic heterocycles. The van der Waals surface area contributed by atoms with E-state index in [1.54, 1.807) is 14.2 Å². The van der Waals surface area contributed by atoms with Crippen LogP contribution in [0.4, 0.5) is 5.69 Å². The summed E-state index contributed by atoms with van der Waals surface area (Å²) in [6, 6.07) is 10.1. The highest BCUT2D eigenvalue weighted by atomic mass is 16.5. The molecule has 46 heavy (non-hydrogen) atoms. The van der Waals surface area contributed by atoms with Gasteiger partial charge in [0.05, 0.1) is 29.9 Å². The summed E-state index contributed by atoms with van der Waals surface area (Å²) >= 11 is 0. The first-order valence-electron chi connectivity index (χ1n) is 15.8. The van der Waals surface area contributed by atoms with Crippen molar-refractivity contribution in [1.82, 2.24) is 15.2 Å². The van der Waals surface area contributed by atoms with Gasteiger partial charge in [0, 0.05) is 56.4 Å². The summed E-state index contributed by atoms with van der Waals surface area (Å²) in [7, 11) is 3.29. The molecule has 0 unspecified atom stereocenters. The minimum absolute atomic E-state index is 0.0197. The van der Waals surface area contributed by atoms with Crippen LogP contribution < -0.4 is 21.1 Å². The van der Waals surface area contributed by atoms with Gasteiger partial charge in [-0.3, -0.25) is 20.1 Å². The van der Waals surface area contributed by atoms with Crippen LogP contribution >= 0.6 is 0 Å². The van der Waals surface area contributed by atoms with E-state index in [9.17, 15) is 4.79 Å². The molecule has 2 aliphatic rings. The van der Waals surface area contributed by atoms with Crippen LogP contribution in [0, 0.1) is 17.2 Å². The number of rotatable bonds is 16. The number of methoxy groups -OCH3 is 1. The number of nitrogens with one attached hydrogen (secondary N) is 3. The maximum atomic E-state index is 12.2. The molecule has 9 heteroatoms. The highest BCUT2D eigenvalue weighted by molar-refractivity contribution is 6.15. The molecule has 0 spiro atoms. The number of likely N-dealkylation sites (tertiary alicyclic amines) is 1. The van der Waals surface area contributed by atoms with Gasteiger partial charge in [0.2, 0.25) is 0 Å². The van der Waals surface area contributed by atoms with Gasteiger partial charge in [-0.05, 0) is 55.5 Å². The lowest BCUT2D eigenvalue weighted by atomic mass is 9.91. The lowest BCUT2D eigenvalue weighted by Crippen LogP contribution is -2.46. The third-order valence-corrected chi connectivity index (χ3v) is 8.28. The molecule has 1 aromatic carbocycles. The van der Waals surface area contributed by atoms with Crippen LogP contribution in [0.2, 0.25) is 0 Å². The summed E-state index contributed by atoms with van der Waals surface area (Å²) in [5, 5.41) is 14.8. The van der Waals surface area contributed by atoms with E-state index in [1.807, 2.05) is 30.5 Å². The molecule has 1 aliphatic heterocycles. The number of carbonyl (C=O) groups excluding carboxylic acids is 1. The molecule has 2 fully saturated rings. The van der Waals surface area contributed by atoms with Crippen molar-refractivity contribution in [3.8, 4) is 5.75 Å². The van der Waals surface area contributed by atoms with Crippen LogP contribution in [0.3, 0.4) is 0 Å². The first-order chi connectivity index (χ1) is 22.2. The van der Waals surface area contributed by atoms with Crippen molar-refractivity contribution in [3.05, 3.63) is 108 Å². The Morgan fingerprint density at radius 2 is 2.00 bits per heavy atom. The molecule has 242 valence electrons. The van der Waals surface area contributed by atoms with Gasteiger partial charge < -0.3 is 21.1 Å². The minimum atomic E-state index is -0.237. The van der Waals surface area contributed by atoms with Crippen molar-refractivity contribution in [2.45, 2.75) is 46.1 Å². The van der Waals surface area contributed by atoms with Gasteiger partial charge in [0.25, 0.3) is 5.91 Å². The molecule has 5 N–H and O–H groups in total. The van der Waals surface area contributed by atoms with Gasteiger partial charge in [-0.1, -0.05) is 62.4 Å². The zero-order valence-electron chi connectivity index (χ0n) is 27.5. The Bertz CT molecular complexity index is 1590. The van der Waals surface area contributed by atoms with Gasteiger partial charge in [0.15, 0.2) is 0 Å². The molecule has 0 bridgehead atoms. The summed E-state index contributed by atoms with van der Waals surface area (Å²) in [6.07, 6.45) is 13.3. The van der Waals surface area contributed by atoms with Crippen LogP contribution in [0.1, 0.15) is 49.9 Å². The third kappa shape index (κ3) is 8.91. The quantitative estimate of drug-likeness (QED) is 0.102. The minimum Gasteiger partial charge on any atom is -0.494 e. The number of para-hydroxylation sites is 1. The summed E-state index contributed by atoms with van der Waals surface area (Å²) in [4.78, 5) is 23.2. The molecule has 1 amide bonds. The van der Waals surface area contributed by atoms with E-state index in [0.29, 0.717) is 28.7 Å². The number of aliphatic imine (C=N–C) groups is 1. The zero-order chi connectivity index (χ0) is 33.2. The second-order valence-electron chi connectivity index (χ2n) is 11.9. The number of anilines is 1. The Kier molecular flexibility index (Phi) is 11.9. The number of aryl methyl sites for hydroxylation is 1. The Balaban J connectivity index is 1.51. The summed E-state index contributed by atoms with van der Waals surface area (Å²) in [5.41, 5.74) is 13.0. The van der Waals surface area contributed by atoms with E-state index in [1.165, 1.54) is 17.2 Å². The van der Waals surface area contributed by atoms with Gasteiger partial charge in [-0.2, -0.15) is 4.99 Å². The van der Waals surface area contributed by atoms with Crippen molar-refractivity contribution in [2.24, 2.45) is 22.6 Å². The van der Waals surface area contributed by atoms with Crippen LogP contribution in [-0.2, 0) is 17.8 Å². The number of benzene rings is 1. The number of carbonyl (C=O) groups is 1. The number of amidine groups is 1. The predicted octanol–water partition coefficient (Wildman–Crippen LogP) is 6.03. The van der Waals surface area contributed by atoms with E-state index >= 15 is 0 Å². The van der Waals surface area contributed by atoms with Crippen LogP contribution in [-0.4, -0.2) is 54.6 Å². The topological polar surface area (TPSA) is 129 Å². The number of hydrogen-bond donors (Lipinski definition) is 4. The average Bonchev–Trinajstić information content (AvgIpc) is 3.88. The highest BCUT2D eigenvalue weighted by Crippen LogP contribution is 2.36. The fraction of sp³-hybridized carbons (Fsp3) is 0.351. The fourth-order valence-electron chi connectivity index (χ4n) is 5.31. The molecule has 4 rings (SSSR count). The maximum Gasteiger partial charge on any atom is 0.250 e. The average molecular weight is 622 g/mol. The van der Waals surface area contributed by atoms with Crippen molar-refractivity contribution in [3.63, 3.8) is 0 Å². The Morgan fingerprint density at radius 3 is 2.65 bits per heavy atom. The van der Waals surface area contributed by atoms with Crippen molar-refractivity contribution in [2.75, 3.05) is 32.6 Å². The largest absolute Gasteiger partial charge is 0.494 e. The Hall–Kier alpha value is -4.76. The summed E-state index contributed by atoms with van der Waals surface area (Å²) in [5.74, 6) is 0.785. The Labute approximate surface area is 273 Å². The molecule has 0 radical (unpaired) electrons. The van der Waals surface area contributed by atoms with Gasteiger partial charge in [-0.25, -0.2) is 0 Å². The zero-order valence-corrected chi connectivity index (χ0v) is 27.5. The molecule has 0 atom stereocenters. The number of ether oxygens (including phenoxy) is 1. The van der Waals surface area contributed by atoms with Crippen LogP contribution in [0.5, 0.6) is 5.75 Å². The Morgan fingerprint density at radius 1 is 1.24 bits per heavy atom. The molecule has 1 aliphatic carbocycles. The van der Waals surface area contributed by atoms with Crippen LogP contribution in [0.25, 0.3) is 5.57 Å². The smallest absolute Gasteiger partial charge is 0.250 e. The second-order valence-corrected chi connectivity index (χ2v) is 11.9. The second kappa shape index (κ2) is 16.0. The number of pyridine rings is 1. The normalized spacial score (nSPS) is 16.4. The van der Waals surface area contributed by atoms with Crippen LogP contribution in [0.15, 0.2) is 96.0 Å². The monoisotopic (exact) mass is 621 g/mol. The number of aromatic nitrogens is 1. The molecule has 1 saturated heterocycles. The number of nitrogens with zero attached hydrogens (tertiary/aromatic N) is 3. The SMILES string of the molecule is C=C/C(=C\C=C(/C)C1CN(Cc2cc(CCC)ccn2)C1)c1cccc(N/C(=C/C(N)=NC(=O)C2CC2)C(=N)C(=C)NC)c1OC. The van der Waals surface area contributed by atoms with Crippen molar-refractivity contribution >= 4 is 28.7 Å². The number of hydrogen-bond acceptors (Lipinski definition) is 7. The van der Waals surface area contributed by atoms with E-state index in [0.717, 1.165) is 62.1 Å². The van der Waals surface area contributed by atoms with Gasteiger partial charge in [0.1, 0.15) is 17.3 Å². The van der Waals surface area contributed by atoms with E-state index in [4.69, 9.17) is 15.9 Å². The molecule has 2 aromatic rings. The first kappa shape index (κ1) is 34.1. The van der Waals surface area contributed by atoms with E-state index in [2.05, 4.69) is 76.8 Å². The van der Waals surface area contributed by atoms with Crippen molar-refractivity contribution in [1.29, 1.82) is 5.41 Å². The van der Waals surface area contributed by atoms with Gasteiger partial charge >= 0.3 is 0 Å². The molecular weight excluding hydrogens is 574 g/mol. The first-order valence-corrected chi connectivity index (χ1v) is 15.8. The number of allylic oxidation sites excluding steroid dienone is 4. The molecule has 9 nitrogen and oxygen atoms in total. The maximum absolute atomic E-state index is 12.2. The lowest BCUT2D eigenvalue weighted by Gasteiger charge is -2.39. The summed E-state index contributed by atoms with van der Waals surface area (Å²) in [6.45, 7) is 15.2. The fourth-order valence-corrected chi connectivity index (χ4v) is 5.31. The molecule has 1 saturated carbocycles.